The van der Waals surface area contributed by atoms with Gasteiger partial charge in [-0.3, -0.25) is 9.51 Å². The Kier molecular flexibility index (Phi) is 4.15. The molecule has 1 aromatic rings. The van der Waals surface area contributed by atoms with Gasteiger partial charge in [-0.2, -0.15) is 0 Å². The first-order valence-electron chi connectivity index (χ1n) is 5.30. The number of aromatic nitrogens is 2. The summed E-state index contributed by atoms with van der Waals surface area (Å²) in [6, 6.07) is -0.656. The molecular weight excluding hydrogens is 238 g/mol. The number of ether oxygens (including phenoxy) is 1. The lowest BCUT2D eigenvalue weighted by atomic mass is 10.2. The highest BCUT2D eigenvalue weighted by molar-refractivity contribution is 5.68. The molecule has 2 N–H and O–H groups in total. The second kappa shape index (κ2) is 5.40. The van der Waals surface area contributed by atoms with Crippen molar-refractivity contribution in [3.63, 3.8) is 0 Å². The summed E-state index contributed by atoms with van der Waals surface area (Å²) in [6.07, 6.45) is 4.69. The van der Waals surface area contributed by atoms with E-state index in [0.29, 0.717) is 0 Å². The normalized spacial score (nSPS) is 12.6. The quantitative estimate of drug-likeness (QED) is 0.782. The van der Waals surface area contributed by atoms with E-state index in [1.54, 1.807) is 20.8 Å². The molecule has 7 heteroatoms. The van der Waals surface area contributed by atoms with Gasteiger partial charge in [-0.25, -0.2) is 9.59 Å². The molecule has 0 unspecified atom stereocenters. The van der Waals surface area contributed by atoms with Gasteiger partial charge in [0, 0.05) is 6.42 Å². The first-order chi connectivity index (χ1) is 8.31. The van der Waals surface area contributed by atoms with Crippen molar-refractivity contribution < 1.29 is 14.1 Å². The van der Waals surface area contributed by atoms with Crippen LogP contribution in [0, 0.1) is 12.3 Å². The Hall–Kier alpha value is -2.23. The van der Waals surface area contributed by atoms with Gasteiger partial charge in [0.05, 0.1) is 0 Å². The highest BCUT2D eigenvalue weighted by atomic mass is 16.6. The van der Waals surface area contributed by atoms with Crippen LogP contribution in [-0.2, 0) is 4.74 Å². The summed E-state index contributed by atoms with van der Waals surface area (Å²) in [5, 5.41) is 5.98. The third-order valence-corrected chi connectivity index (χ3v) is 1.80. The van der Waals surface area contributed by atoms with Crippen LogP contribution in [0.2, 0.25) is 0 Å². The van der Waals surface area contributed by atoms with E-state index in [1.165, 1.54) is 0 Å². The molecule has 0 fully saturated rings. The largest absolute Gasteiger partial charge is 0.444 e. The fourth-order valence-corrected chi connectivity index (χ4v) is 1.18. The minimum Gasteiger partial charge on any atom is -0.444 e. The maximum Gasteiger partial charge on any atom is 0.438 e. The summed E-state index contributed by atoms with van der Waals surface area (Å²) in [7, 11) is 0. The first-order valence-corrected chi connectivity index (χ1v) is 5.30. The molecule has 18 heavy (non-hydrogen) atoms. The molecule has 1 aromatic heterocycles. The fourth-order valence-electron chi connectivity index (χ4n) is 1.18. The van der Waals surface area contributed by atoms with E-state index < -0.39 is 23.5 Å². The minimum absolute atomic E-state index is 0.154. The van der Waals surface area contributed by atoms with Gasteiger partial charge in [0.15, 0.2) is 5.82 Å². The molecule has 0 aliphatic heterocycles. The van der Waals surface area contributed by atoms with E-state index in [-0.39, 0.29) is 12.2 Å². The third-order valence-electron chi connectivity index (χ3n) is 1.80. The van der Waals surface area contributed by atoms with Crippen LogP contribution in [0.15, 0.2) is 9.32 Å². The van der Waals surface area contributed by atoms with Crippen LogP contribution >= 0.6 is 0 Å². The van der Waals surface area contributed by atoms with Crippen LogP contribution in [0.3, 0.4) is 0 Å². The molecule has 1 amide bonds. The van der Waals surface area contributed by atoms with Crippen LogP contribution in [-0.4, -0.2) is 21.8 Å². The molecule has 0 bridgehead atoms. The molecule has 98 valence electrons. The van der Waals surface area contributed by atoms with Crippen LogP contribution in [0.25, 0.3) is 0 Å². The van der Waals surface area contributed by atoms with Crippen molar-refractivity contribution in [2.24, 2.45) is 0 Å². The lowest BCUT2D eigenvalue weighted by Gasteiger charge is -2.21. The van der Waals surface area contributed by atoms with Gasteiger partial charge in [0.25, 0.3) is 0 Å². The second-order valence-corrected chi connectivity index (χ2v) is 4.59. The Morgan fingerprint density at radius 1 is 1.67 bits per heavy atom. The molecule has 1 heterocycles. The SMILES string of the molecule is C#CC[C@H](NC(=O)OC(C)(C)C)c1noc(=O)[nH]1. The maximum atomic E-state index is 11.6. The lowest BCUT2D eigenvalue weighted by Crippen LogP contribution is -2.35. The Bertz CT molecular complexity index is 503. The van der Waals surface area contributed by atoms with Gasteiger partial charge in [-0.1, -0.05) is 5.16 Å². The van der Waals surface area contributed by atoms with E-state index in [2.05, 4.69) is 25.9 Å². The average Bonchev–Trinajstić information content (AvgIpc) is 2.61. The van der Waals surface area contributed by atoms with Gasteiger partial charge in [-0.15, -0.1) is 12.3 Å². The van der Waals surface area contributed by atoms with E-state index in [0.717, 1.165) is 0 Å². The standard InChI is InChI=1S/C11H15N3O4/c1-5-6-7(8-13-10(16)18-14-8)12-9(15)17-11(2,3)4/h1,7H,6H2,2-4H3,(H,12,15)(H,13,14,16)/t7-/m0/s1. The van der Waals surface area contributed by atoms with Crippen LogP contribution in [0.4, 0.5) is 4.79 Å². The first kappa shape index (κ1) is 13.8. The summed E-state index contributed by atoms with van der Waals surface area (Å²) in [4.78, 5) is 24.7. The zero-order valence-electron chi connectivity index (χ0n) is 10.4. The van der Waals surface area contributed by atoms with Crippen LogP contribution < -0.4 is 11.1 Å². The van der Waals surface area contributed by atoms with E-state index in [1.807, 2.05) is 0 Å². The number of nitrogens with zero attached hydrogens (tertiary/aromatic N) is 1. The molecule has 1 atom stereocenters. The molecule has 0 saturated heterocycles. The Labute approximate surface area is 104 Å². The van der Waals surface area contributed by atoms with Gasteiger partial charge in [-0.05, 0) is 20.8 Å². The van der Waals surface area contributed by atoms with Crippen molar-refractivity contribution in [1.82, 2.24) is 15.5 Å². The number of nitrogens with one attached hydrogen (secondary N) is 2. The molecule has 0 saturated carbocycles. The lowest BCUT2D eigenvalue weighted by molar-refractivity contribution is 0.0502. The van der Waals surface area contributed by atoms with E-state index >= 15 is 0 Å². The smallest absolute Gasteiger partial charge is 0.438 e. The zero-order valence-corrected chi connectivity index (χ0v) is 10.4. The number of terminal acetylenes is 1. The van der Waals surface area contributed by atoms with Gasteiger partial charge in [0.2, 0.25) is 0 Å². The highest BCUT2D eigenvalue weighted by Crippen LogP contribution is 2.13. The topological polar surface area (TPSA) is 97.2 Å². The molecule has 0 aliphatic rings. The Morgan fingerprint density at radius 2 is 2.33 bits per heavy atom. The fraction of sp³-hybridized carbons (Fsp3) is 0.545. The number of hydrogen-bond acceptors (Lipinski definition) is 5. The number of carbonyl (C=O) groups excluding carboxylic acids is 1. The molecule has 7 nitrogen and oxygen atoms in total. The van der Waals surface area contributed by atoms with Gasteiger partial charge in [0.1, 0.15) is 11.6 Å². The molecule has 1 rings (SSSR count). The number of H-pyrrole nitrogens is 1. The number of carbonyl (C=O) groups is 1. The number of alkyl carbamates (subject to hydrolysis) is 1. The van der Waals surface area contributed by atoms with Gasteiger partial charge >= 0.3 is 11.8 Å². The number of aromatic amines is 1. The van der Waals surface area contributed by atoms with Crippen molar-refractivity contribution in [3.8, 4) is 12.3 Å². The van der Waals surface area contributed by atoms with Crippen LogP contribution in [0.1, 0.15) is 39.1 Å². The summed E-state index contributed by atoms with van der Waals surface area (Å²) in [5.41, 5.74) is -0.623. The molecule has 0 aliphatic carbocycles. The van der Waals surface area contributed by atoms with Crippen molar-refractivity contribution >= 4 is 6.09 Å². The van der Waals surface area contributed by atoms with Crippen molar-refractivity contribution in [2.45, 2.75) is 38.8 Å². The molecule has 0 aromatic carbocycles. The minimum atomic E-state index is -0.710. The summed E-state index contributed by atoms with van der Waals surface area (Å²) in [6.45, 7) is 5.21. The third kappa shape index (κ3) is 4.33. The van der Waals surface area contributed by atoms with E-state index in [9.17, 15) is 9.59 Å². The zero-order chi connectivity index (χ0) is 13.8. The summed E-state index contributed by atoms with van der Waals surface area (Å²) < 4.78 is 9.43. The Balaban J connectivity index is 2.73. The highest BCUT2D eigenvalue weighted by Gasteiger charge is 2.22. The average molecular weight is 253 g/mol. The summed E-state index contributed by atoms with van der Waals surface area (Å²) >= 11 is 0. The van der Waals surface area contributed by atoms with Crippen molar-refractivity contribution in [1.29, 1.82) is 0 Å². The molecule has 0 radical (unpaired) electrons. The molecular formula is C11H15N3O4. The second-order valence-electron chi connectivity index (χ2n) is 4.59. The van der Waals surface area contributed by atoms with E-state index in [4.69, 9.17) is 11.2 Å². The Morgan fingerprint density at radius 3 is 2.78 bits per heavy atom. The van der Waals surface area contributed by atoms with Crippen molar-refractivity contribution in [3.05, 3.63) is 16.4 Å². The van der Waals surface area contributed by atoms with Crippen LogP contribution in [0.5, 0.6) is 0 Å². The monoisotopic (exact) mass is 253 g/mol. The number of hydrogen-bond donors (Lipinski definition) is 2. The summed E-state index contributed by atoms with van der Waals surface area (Å²) in [5.74, 6) is 1.82. The maximum absolute atomic E-state index is 11.6. The number of amides is 1. The number of rotatable bonds is 3. The predicted molar refractivity (Wildman–Crippen MR) is 62.7 cm³/mol. The molecule has 0 spiro atoms. The van der Waals surface area contributed by atoms with Crippen molar-refractivity contribution in [2.75, 3.05) is 0 Å². The van der Waals surface area contributed by atoms with Gasteiger partial charge < -0.3 is 10.1 Å². The predicted octanol–water partition coefficient (Wildman–Crippen LogP) is 0.952.